The molecule has 1 rings (SSSR count). The Bertz CT molecular complexity index is 140. The minimum atomic E-state index is -0.510. The van der Waals surface area contributed by atoms with Gasteiger partial charge in [-0.05, 0) is 32.9 Å². The van der Waals surface area contributed by atoms with Gasteiger partial charge < -0.3 is 10.4 Å². The highest BCUT2D eigenvalue weighted by molar-refractivity contribution is 4.77. The van der Waals surface area contributed by atoms with Gasteiger partial charge in [0.25, 0.3) is 0 Å². The first-order chi connectivity index (χ1) is 6.14. The Morgan fingerprint density at radius 1 is 1.38 bits per heavy atom. The first-order valence-electron chi connectivity index (χ1n) is 5.29. The van der Waals surface area contributed by atoms with Gasteiger partial charge in [0.2, 0.25) is 0 Å². The van der Waals surface area contributed by atoms with Crippen LogP contribution < -0.4 is 5.32 Å². The molecule has 3 heteroatoms. The summed E-state index contributed by atoms with van der Waals surface area (Å²) in [4.78, 5) is 2.35. The zero-order valence-electron chi connectivity index (χ0n) is 8.84. The third kappa shape index (κ3) is 4.07. The molecule has 0 aromatic rings. The first kappa shape index (κ1) is 11.0. The SMILES string of the molecule is CCC(C)(O)CN1CCCNCC1. The second kappa shape index (κ2) is 4.94. The van der Waals surface area contributed by atoms with Gasteiger partial charge in [-0.15, -0.1) is 0 Å². The topological polar surface area (TPSA) is 35.5 Å². The third-order valence-electron chi connectivity index (χ3n) is 2.76. The van der Waals surface area contributed by atoms with Gasteiger partial charge in [0.05, 0.1) is 5.60 Å². The molecule has 2 N–H and O–H groups in total. The van der Waals surface area contributed by atoms with Crippen molar-refractivity contribution in [2.24, 2.45) is 0 Å². The zero-order chi connectivity index (χ0) is 9.73. The van der Waals surface area contributed by atoms with E-state index in [1.165, 1.54) is 6.42 Å². The normalized spacial score (nSPS) is 25.2. The van der Waals surface area contributed by atoms with Crippen molar-refractivity contribution >= 4 is 0 Å². The Kier molecular flexibility index (Phi) is 4.16. The van der Waals surface area contributed by atoms with Crippen molar-refractivity contribution in [3.8, 4) is 0 Å². The van der Waals surface area contributed by atoms with E-state index in [0.29, 0.717) is 0 Å². The molecule has 1 heterocycles. The number of nitrogens with zero attached hydrogens (tertiary/aromatic N) is 1. The number of rotatable bonds is 3. The monoisotopic (exact) mass is 186 g/mol. The maximum atomic E-state index is 9.91. The molecule has 0 aliphatic carbocycles. The minimum Gasteiger partial charge on any atom is -0.389 e. The van der Waals surface area contributed by atoms with Crippen LogP contribution in [0.15, 0.2) is 0 Å². The number of nitrogens with one attached hydrogen (secondary N) is 1. The van der Waals surface area contributed by atoms with E-state index in [9.17, 15) is 5.11 Å². The van der Waals surface area contributed by atoms with E-state index in [1.807, 2.05) is 13.8 Å². The largest absolute Gasteiger partial charge is 0.389 e. The maximum absolute atomic E-state index is 9.91. The summed E-state index contributed by atoms with van der Waals surface area (Å²) in [5.41, 5.74) is -0.510. The van der Waals surface area contributed by atoms with Crippen LogP contribution in [0.3, 0.4) is 0 Å². The first-order valence-corrected chi connectivity index (χ1v) is 5.29. The highest BCUT2D eigenvalue weighted by Crippen LogP contribution is 2.11. The molecule has 0 amide bonds. The smallest absolute Gasteiger partial charge is 0.0743 e. The quantitative estimate of drug-likeness (QED) is 0.671. The molecule has 1 saturated heterocycles. The van der Waals surface area contributed by atoms with Gasteiger partial charge in [-0.1, -0.05) is 6.92 Å². The zero-order valence-corrected chi connectivity index (χ0v) is 8.84. The molecule has 1 unspecified atom stereocenters. The molecular formula is C10H22N2O. The second-order valence-corrected chi connectivity index (χ2v) is 4.23. The molecule has 1 aliphatic heterocycles. The molecule has 0 saturated carbocycles. The molecular weight excluding hydrogens is 164 g/mol. The highest BCUT2D eigenvalue weighted by Gasteiger charge is 2.21. The van der Waals surface area contributed by atoms with Crippen LogP contribution >= 0.6 is 0 Å². The van der Waals surface area contributed by atoms with Crippen LogP contribution in [-0.2, 0) is 0 Å². The average molecular weight is 186 g/mol. The van der Waals surface area contributed by atoms with Crippen molar-refractivity contribution in [3.63, 3.8) is 0 Å². The highest BCUT2D eigenvalue weighted by atomic mass is 16.3. The van der Waals surface area contributed by atoms with Crippen LogP contribution in [0.2, 0.25) is 0 Å². The Morgan fingerprint density at radius 3 is 2.85 bits per heavy atom. The summed E-state index contributed by atoms with van der Waals surface area (Å²) in [5, 5.41) is 13.3. The molecule has 1 atom stereocenters. The number of aliphatic hydroxyl groups is 1. The summed E-state index contributed by atoms with van der Waals surface area (Å²) in [6, 6.07) is 0. The van der Waals surface area contributed by atoms with E-state index >= 15 is 0 Å². The predicted molar refractivity (Wildman–Crippen MR) is 54.8 cm³/mol. The molecule has 1 fully saturated rings. The second-order valence-electron chi connectivity index (χ2n) is 4.23. The lowest BCUT2D eigenvalue weighted by molar-refractivity contribution is 0.0182. The third-order valence-corrected chi connectivity index (χ3v) is 2.76. The van der Waals surface area contributed by atoms with Gasteiger partial charge >= 0.3 is 0 Å². The van der Waals surface area contributed by atoms with Crippen LogP contribution in [0.5, 0.6) is 0 Å². The molecule has 78 valence electrons. The summed E-state index contributed by atoms with van der Waals surface area (Å²) < 4.78 is 0. The minimum absolute atomic E-state index is 0.510. The van der Waals surface area contributed by atoms with Gasteiger partial charge in [0.1, 0.15) is 0 Å². The standard InChI is InChI=1S/C10H22N2O/c1-3-10(2,13)9-12-7-4-5-11-6-8-12/h11,13H,3-9H2,1-2H3. The number of hydrogen-bond donors (Lipinski definition) is 2. The molecule has 0 spiro atoms. The van der Waals surface area contributed by atoms with Gasteiger partial charge in [-0.3, -0.25) is 4.90 Å². The van der Waals surface area contributed by atoms with Gasteiger partial charge in [-0.25, -0.2) is 0 Å². The van der Waals surface area contributed by atoms with Crippen LogP contribution in [0, 0.1) is 0 Å². The molecule has 13 heavy (non-hydrogen) atoms. The van der Waals surface area contributed by atoms with Crippen molar-refractivity contribution in [2.75, 3.05) is 32.7 Å². The van der Waals surface area contributed by atoms with Gasteiger partial charge in [0, 0.05) is 19.6 Å². The fraction of sp³-hybridized carbons (Fsp3) is 1.00. The summed E-state index contributed by atoms with van der Waals surface area (Å²) in [5.74, 6) is 0. The molecule has 0 radical (unpaired) electrons. The molecule has 0 aromatic heterocycles. The summed E-state index contributed by atoms with van der Waals surface area (Å²) in [6.07, 6.45) is 2.02. The van der Waals surface area contributed by atoms with Crippen LogP contribution in [0.25, 0.3) is 0 Å². The van der Waals surface area contributed by atoms with E-state index in [2.05, 4.69) is 10.2 Å². The summed E-state index contributed by atoms with van der Waals surface area (Å²) in [7, 11) is 0. The van der Waals surface area contributed by atoms with Crippen molar-refractivity contribution < 1.29 is 5.11 Å². The van der Waals surface area contributed by atoms with Crippen molar-refractivity contribution in [1.29, 1.82) is 0 Å². The molecule has 0 aromatic carbocycles. The van der Waals surface area contributed by atoms with E-state index in [-0.39, 0.29) is 0 Å². The van der Waals surface area contributed by atoms with Crippen molar-refractivity contribution in [1.82, 2.24) is 10.2 Å². The maximum Gasteiger partial charge on any atom is 0.0743 e. The fourth-order valence-corrected chi connectivity index (χ4v) is 1.65. The lowest BCUT2D eigenvalue weighted by atomic mass is 10.0. The Hall–Kier alpha value is -0.120. The fourth-order valence-electron chi connectivity index (χ4n) is 1.65. The number of β-amino-alcohol motifs (C(OH)–C–C–N with tert-alkyl or cyclic N) is 1. The Morgan fingerprint density at radius 2 is 2.15 bits per heavy atom. The summed E-state index contributed by atoms with van der Waals surface area (Å²) in [6.45, 7) is 9.12. The van der Waals surface area contributed by atoms with E-state index in [4.69, 9.17) is 0 Å². The Labute approximate surface area is 81.1 Å². The lowest BCUT2D eigenvalue weighted by Gasteiger charge is -2.29. The van der Waals surface area contributed by atoms with Crippen LogP contribution in [-0.4, -0.2) is 48.3 Å². The van der Waals surface area contributed by atoms with Crippen molar-refractivity contribution in [2.45, 2.75) is 32.3 Å². The van der Waals surface area contributed by atoms with E-state index in [1.54, 1.807) is 0 Å². The van der Waals surface area contributed by atoms with Gasteiger partial charge in [-0.2, -0.15) is 0 Å². The van der Waals surface area contributed by atoms with Gasteiger partial charge in [0.15, 0.2) is 0 Å². The summed E-state index contributed by atoms with van der Waals surface area (Å²) >= 11 is 0. The number of hydrogen-bond acceptors (Lipinski definition) is 3. The average Bonchev–Trinajstić information content (AvgIpc) is 2.32. The van der Waals surface area contributed by atoms with E-state index in [0.717, 1.165) is 39.1 Å². The molecule has 0 bridgehead atoms. The van der Waals surface area contributed by atoms with Crippen LogP contribution in [0.1, 0.15) is 26.7 Å². The molecule has 1 aliphatic rings. The Balaban J connectivity index is 2.33. The predicted octanol–water partition coefficient (Wildman–Crippen LogP) is 0.443. The van der Waals surface area contributed by atoms with E-state index < -0.39 is 5.60 Å². The van der Waals surface area contributed by atoms with Crippen LogP contribution in [0.4, 0.5) is 0 Å². The molecule has 3 nitrogen and oxygen atoms in total. The lowest BCUT2D eigenvalue weighted by Crippen LogP contribution is -2.41. The van der Waals surface area contributed by atoms with Crippen molar-refractivity contribution in [3.05, 3.63) is 0 Å².